The lowest BCUT2D eigenvalue weighted by atomic mass is 10.0. The summed E-state index contributed by atoms with van der Waals surface area (Å²) >= 11 is 12.8. The van der Waals surface area contributed by atoms with E-state index in [1.807, 2.05) is 81.4 Å². The predicted octanol–water partition coefficient (Wildman–Crippen LogP) is 6.74. The van der Waals surface area contributed by atoms with Gasteiger partial charge >= 0.3 is 0 Å². The van der Waals surface area contributed by atoms with Crippen LogP contribution in [0.2, 0.25) is 10.0 Å². The summed E-state index contributed by atoms with van der Waals surface area (Å²) in [6.45, 7) is 5.03. The van der Waals surface area contributed by atoms with Gasteiger partial charge < -0.3 is 10.2 Å². The Kier molecular flexibility index (Phi) is 10.7. The van der Waals surface area contributed by atoms with Crippen molar-refractivity contribution in [3.05, 3.63) is 130 Å². The monoisotopic (exact) mass is 651 g/mol. The second kappa shape index (κ2) is 14.3. The van der Waals surface area contributed by atoms with E-state index in [0.717, 1.165) is 15.4 Å². The number of anilines is 1. The molecule has 7 nitrogen and oxygen atoms in total. The lowest BCUT2D eigenvalue weighted by Gasteiger charge is -2.35. The van der Waals surface area contributed by atoms with Crippen molar-refractivity contribution in [3.63, 3.8) is 0 Å². The number of rotatable bonds is 11. The first-order valence-electron chi connectivity index (χ1n) is 14.1. The Morgan fingerprint density at radius 2 is 1.32 bits per heavy atom. The minimum Gasteiger partial charge on any atom is -0.350 e. The zero-order valence-electron chi connectivity index (χ0n) is 24.8. The van der Waals surface area contributed by atoms with Crippen LogP contribution in [0.4, 0.5) is 5.69 Å². The van der Waals surface area contributed by atoms with E-state index in [4.69, 9.17) is 23.2 Å². The molecule has 0 aliphatic carbocycles. The van der Waals surface area contributed by atoms with Crippen molar-refractivity contribution in [2.24, 2.45) is 0 Å². The third-order valence-corrected chi connectivity index (χ3v) is 9.36. The Balaban J connectivity index is 1.83. The highest BCUT2D eigenvalue weighted by atomic mass is 35.5. The lowest BCUT2D eigenvalue weighted by molar-refractivity contribution is -0.140. The Morgan fingerprint density at radius 3 is 1.89 bits per heavy atom. The maximum Gasteiger partial charge on any atom is 0.264 e. The molecule has 0 bridgehead atoms. The Labute approximate surface area is 269 Å². The Hall–Kier alpha value is -3.85. The van der Waals surface area contributed by atoms with Crippen molar-refractivity contribution in [1.82, 2.24) is 10.2 Å². The number of hydrogen-bond acceptors (Lipinski definition) is 4. The molecule has 10 heteroatoms. The summed E-state index contributed by atoms with van der Waals surface area (Å²) < 4.78 is 29.1. The standard InChI is InChI=1S/C34H35Cl2N3O4S/c1-34(2,3)37-33(41)30(22-25-14-7-4-8-15-25)38(23-26-16-9-5-10-17-26)31(40)24-39(29-21-13-20-28(35)32(29)36)44(42,43)27-18-11-6-12-19-27/h4-21,30H,22-24H2,1-3H3,(H,37,41). The normalized spacial score (nSPS) is 12.3. The molecule has 0 heterocycles. The van der Waals surface area contributed by atoms with E-state index >= 15 is 0 Å². The fourth-order valence-electron chi connectivity index (χ4n) is 4.71. The third-order valence-electron chi connectivity index (χ3n) is 6.78. The Bertz CT molecular complexity index is 1680. The number of benzene rings is 4. The van der Waals surface area contributed by atoms with Crippen LogP contribution in [0.25, 0.3) is 0 Å². The van der Waals surface area contributed by atoms with Crippen molar-refractivity contribution in [3.8, 4) is 0 Å². The second-order valence-electron chi connectivity index (χ2n) is 11.3. The molecule has 0 aliphatic rings. The number of halogens is 2. The fourth-order valence-corrected chi connectivity index (χ4v) is 6.60. The third kappa shape index (κ3) is 8.40. The van der Waals surface area contributed by atoms with Crippen LogP contribution in [-0.2, 0) is 32.6 Å². The van der Waals surface area contributed by atoms with Crippen LogP contribution >= 0.6 is 23.2 Å². The van der Waals surface area contributed by atoms with Crippen LogP contribution in [-0.4, -0.2) is 43.3 Å². The largest absolute Gasteiger partial charge is 0.350 e. The van der Waals surface area contributed by atoms with Crippen molar-refractivity contribution in [1.29, 1.82) is 0 Å². The molecule has 44 heavy (non-hydrogen) atoms. The average Bonchev–Trinajstić information content (AvgIpc) is 2.99. The topological polar surface area (TPSA) is 86.8 Å². The highest BCUT2D eigenvalue weighted by Gasteiger charge is 2.36. The number of nitrogens with one attached hydrogen (secondary N) is 1. The van der Waals surface area contributed by atoms with Crippen LogP contribution in [0.5, 0.6) is 0 Å². The molecule has 0 radical (unpaired) electrons. The molecular weight excluding hydrogens is 617 g/mol. The number of amides is 2. The number of carbonyl (C=O) groups excluding carboxylic acids is 2. The van der Waals surface area contributed by atoms with Gasteiger partial charge in [-0.15, -0.1) is 0 Å². The molecule has 1 atom stereocenters. The summed E-state index contributed by atoms with van der Waals surface area (Å²) in [5.74, 6) is -0.946. The first-order chi connectivity index (χ1) is 20.9. The van der Waals surface area contributed by atoms with Gasteiger partial charge in [-0.25, -0.2) is 8.42 Å². The van der Waals surface area contributed by atoms with Gasteiger partial charge in [0.25, 0.3) is 10.0 Å². The van der Waals surface area contributed by atoms with Crippen LogP contribution in [0, 0.1) is 0 Å². The number of nitrogens with zero attached hydrogens (tertiary/aromatic N) is 2. The van der Waals surface area contributed by atoms with Crippen LogP contribution in [0.3, 0.4) is 0 Å². The minimum absolute atomic E-state index is 0.0117. The molecule has 0 aromatic heterocycles. The molecule has 0 fully saturated rings. The summed E-state index contributed by atoms with van der Waals surface area (Å²) in [6.07, 6.45) is 0.213. The first kappa shape index (κ1) is 33.1. The van der Waals surface area contributed by atoms with Gasteiger partial charge in [0.15, 0.2) is 0 Å². The van der Waals surface area contributed by atoms with Crippen molar-refractivity contribution in [2.75, 3.05) is 10.8 Å². The molecule has 4 rings (SSSR count). The summed E-state index contributed by atoms with van der Waals surface area (Å²) in [5.41, 5.74) is 1.10. The van der Waals surface area contributed by atoms with Crippen molar-refractivity contribution >= 4 is 50.7 Å². The highest BCUT2D eigenvalue weighted by molar-refractivity contribution is 7.92. The lowest BCUT2D eigenvalue weighted by Crippen LogP contribution is -2.56. The molecule has 4 aromatic carbocycles. The maximum atomic E-state index is 14.5. The van der Waals surface area contributed by atoms with Crippen molar-refractivity contribution < 1.29 is 18.0 Å². The fraction of sp³-hybridized carbons (Fsp3) is 0.235. The second-order valence-corrected chi connectivity index (χ2v) is 14.0. The number of hydrogen-bond donors (Lipinski definition) is 1. The molecule has 2 amide bonds. The zero-order valence-corrected chi connectivity index (χ0v) is 27.1. The van der Waals surface area contributed by atoms with Crippen LogP contribution in [0.15, 0.2) is 114 Å². The SMILES string of the molecule is CC(C)(C)NC(=O)C(Cc1ccccc1)N(Cc1ccccc1)C(=O)CN(c1cccc(Cl)c1Cl)S(=O)(=O)c1ccccc1. The van der Waals surface area contributed by atoms with Gasteiger partial charge in [-0.3, -0.25) is 13.9 Å². The molecule has 230 valence electrons. The van der Waals surface area contributed by atoms with E-state index in [-0.39, 0.29) is 39.5 Å². The molecule has 4 aromatic rings. The highest BCUT2D eigenvalue weighted by Crippen LogP contribution is 2.35. The van der Waals surface area contributed by atoms with E-state index < -0.39 is 34.1 Å². The van der Waals surface area contributed by atoms with Gasteiger partial charge in [-0.2, -0.15) is 0 Å². The summed E-state index contributed by atoms with van der Waals surface area (Å²) in [6, 6.07) is 30.1. The smallest absolute Gasteiger partial charge is 0.264 e. The molecule has 0 saturated carbocycles. The number of sulfonamides is 1. The average molecular weight is 653 g/mol. The van der Waals surface area contributed by atoms with E-state index in [2.05, 4.69) is 5.32 Å². The first-order valence-corrected chi connectivity index (χ1v) is 16.3. The van der Waals surface area contributed by atoms with Gasteiger partial charge in [-0.1, -0.05) is 108 Å². The summed E-state index contributed by atoms with van der Waals surface area (Å²) in [5, 5.41) is 3.14. The van der Waals surface area contributed by atoms with Gasteiger partial charge in [-0.05, 0) is 56.2 Å². The Morgan fingerprint density at radius 1 is 0.773 bits per heavy atom. The number of carbonyl (C=O) groups is 2. The molecule has 0 aliphatic heterocycles. The molecular formula is C34H35Cl2N3O4S. The van der Waals surface area contributed by atoms with E-state index in [9.17, 15) is 18.0 Å². The minimum atomic E-state index is -4.29. The molecule has 0 spiro atoms. The van der Waals surface area contributed by atoms with E-state index in [1.54, 1.807) is 24.3 Å². The molecule has 0 saturated heterocycles. The van der Waals surface area contributed by atoms with Gasteiger partial charge in [0.1, 0.15) is 12.6 Å². The van der Waals surface area contributed by atoms with Gasteiger partial charge in [0.05, 0.1) is 20.6 Å². The zero-order chi connectivity index (χ0) is 31.9. The van der Waals surface area contributed by atoms with E-state index in [0.29, 0.717) is 0 Å². The van der Waals surface area contributed by atoms with Gasteiger partial charge in [0, 0.05) is 18.5 Å². The molecule has 1 N–H and O–H groups in total. The maximum absolute atomic E-state index is 14.5. The predicted molar refractivity (Wildman–Crippen MR) is 176 cm³/mol. The van der Waals surface area contributed by atoms with Gasteiger partial charge in [0.2, 0.25) is 11.8 Å². The summed E-state index contributed by atoms with van der Waals surface area (Å²) in [4.78, 5) is 29.8. The summed E-state index contributed by atoms with van der Waals surface area (Å²) in [7, 11) is -4.29. The van der Waals surface area contributed by atoms with E-state index in [1.165, 1.54) is 29.2 Å². The molecule has 1 unspecified atom stereocenters. The van der Waals surface area contributed by atoms with Crippen LogP contribution < -0.4 is 9.62 Å². The quantitative estimate of drug-likeness (QED) is 0.194. The van der Waals surface area contributed by atoms with Crippen molar-refractivity contribution in [2.45, 2.75) is 50.2 Å². The van der Waals surface area contributed by atoms with Crippen LogP contribution in [0.1, 0.15) is 31.9 Å².